The summed E-state index contributed by atoms with van der Waals surface area (Å²) in [7, 11) is -0.926. The van der Waals surface area contributed by atoms with Crippen LogP contribution in [0, 0.1) is 0 Å². The first-order chi connectivity index (χ1) is 11.9. The van der Waals surface area contributed by atoms with Crippen LogP contribution in [0.4, 0.5) is 0 Å². The molecule has 1 saturated heterocycles. The Morgan fingerprint density at radius 1 is 1.19 bits per heavy atom. The molecule has 0 aliphatic carbocycles. The number of unbranched alkanes of at least 4 members (excludes halogenated alkanes) is 1. The first-order valence-corrected chi connectivity index (χ1v) is 11.2. The lowest BCUT2D eigenvalue weighted by atomic mass is 10.1. The van der Waals surface area contributed by atoms with Crippen molar-refractivity contribution in [1.82, 2.24) is 19.8 Å². The molecule has 0 radical (unpaired) electrons. The molecule has 1 heterocycles. The number of piperidine rings is 1. The fraction of sp³-hybridized carbons (Fsp3) is 0.941. The molecule has 9 heteroatoms. The Hall–Kier alpha value is -0.130. The van der Waals surface area contributed by atoms with Crippen LogP contribution in [0.3, 0.4) is 0 Å². The number of guanidine groups is 1. The molecule has 156 valence electrons. The Kier molecular flexibility index (Phi) is 13.9. The third-order valence-electron chi connectivity index (χ3n) is 4.54. The molecule has 1 rings (SSSR count). The number of rotatable bonds is 10. The summed E-state index contributed by atoms with van der Waals surface area (Å²) < 4.78 is 25.5. The largest absolute Gasteiger partial charge is 0.357 e. The first-order valence-electron chi connectivity index (χ1n) is 9.64. The second-order valence-corrected chi connectivity index (χ2v) is 8.89. The zero-order valence-corrected chi connectivity index (χ0v) is 20.0. The van der Waals surface area contributed by atoms with Crippen molar-refractivity contribution in [1.29, 1.82) is 0 Å². The van der Waals surface area contributed by atoms with E-state index in [4.69, 9.17) is 0 Å². The second kappa shape index (κ2) is 14.0. The Morgan fingerprint density at radius 3 is 2.38 bits per heavy atom. The number of aliphatic imine (C=N–C) groups is 1. The summed E-state index contributed by atoms with van der Waals surface area (Å²) in [5.41, 5.74) is 0. The van der Waals surface area contributed by atoms with Gasteiger partial charge in [-0.05, 0) is 46.7 Å². The summed E-state index contributed by atoms with van der Waals surface area (Å²) >= 11 is 0. The van der Waals surface area contributed by atoms with Crippen LogP contribution < -0.4 is 10.6 Å². The Balaban J connectivity index is 0.00000625. The third kappa shape index (κ3) is 9.70. The van der Waals surface area contributed by atoms with Crippen LogP contribution in [-0.2, 0) is 10.0 Å². The highest BCUT2D eigenvalue weighted by molar-refractivity contribution is 14.0. The average molecular weight is 503 g/mol. The topological polar surface area (TPSA) is 77.0 Å². The quantitative estimate of drug-likeness (QED) is 0.270. The van der Waals surface area contributed by atoms with Gasteiger partial charge in [0.25, 0.3) is 0 Å². The normalized spacial score (nSPS) is 17.2. The molecule has 0 unspecified atom stereocenters. The summed E-state index contributed by atoms with van der Waals surface area (Å²) in [5, 5.41) is 6.75. The molecule has 1 fully saturated rings. The van der Waals surface area contributed by atoms with Crippen LogP contribution in [0.25, 0.3) is 0 Å². The van der Waals surface area contributed by atoms with E-state index >= 15 is 0 Å². The van der Waals surface area contributed by atoms with Gasteiger partial charge in [-0.1, -0.05) is 13.3 Å². The highest BCUT2D eigenvalue weighted by atomic mass is 127. The van der Waals surface area contributed by atoms with Crippen molar-refractivity contribution in [2.45, 2.75) is 52.5 Å². The predicted octanol–water partition coefficient (Wildman–Crippen LogP) is 1.71. The maximum Gasteiger partial charge on any atom is 0.213 e. The molecular formula is C17H38IN5O2S. The van der Waals surface area contributed by atoms with Crippen LogP contribution >= 0.6 is 24.0 Å². The molecule has 0 amide bonds. The van der Waals surface area contributed by atoms with Crippen molar-refractivity contribution in [2.24, 2.45) is 4.99 Å². The van der Waals surface area contributed by atoms with E-state index in [1.54, 1.807) is 11.2 Å². The van der Waals surface area contributed by atoms with E-state index in [0.29, 0.717) is 13.1 Å². The Bertz CT molecular complexity index is 493. The monoisotopic (exact) mass is 503 g/mol. The summed E-state index contributed by atoms with van der Waals surface area (Å²) in [6.07, 6.45) is 4.07. The SMILES string of the molecule is CCCCN(C)CCN=C(NCC)NC1CCN(S(=O)(=O)CC)CC1.I. The minimum atomic E-state index is -3.06. The average Bonchev–Trinajstić information content (AvgIpc) is 2.60. The summed E-state index contributed by atoms with van der Waals surface area (Å²) in [5.74, 6) is 1.02. The van der Waals surface area contributed by atoms with Crippen molar-refractivity contribution >= 4 is 40.0 Å². The summed E-state index contributed by atoms with van der Waals surface area (Å²) in [4.78, 5) is 6.97. The van der Waals surface area contributed by atoms with Crippen molar-refractivity contribution in [3.63, 3.8) is 0 Å². The molecule has 2 N–H and O–H groups in total. The predicted molar refractivity (Wildman–Crippen MR) is 121 cm³/mol. The second-order valence-electron chi connectivity index (χ2n) is 6.64. The van der Waals surface area contributed by atoms with Crippen LogP contribution in [-0.4, -0.2) is 81.7 Å². The van der Waals surface area contributed by atoms with Gasteiger partial charge in [0, 0.05) is 32.2 Å². The molecule has 1 aliphatic heterocycles. The first kappa shape index (κ1) is 25.9. The van der Waals surface area contributed by atoms with Gasteiger partial charge in [-0.15, -0.1) is 24.0 Å². The zero-order chi connectivity index (χ0) is 18.7. The van der Waals surface area contributed by atoms with Gasteiger partial charge in [0.05, 0.1) is 12.3 Å². The van der Waals surface area contributed by atoms with Gasteiger partial charge < -0.3 is 15.5 Å². The highest BCUT2D eigenvalue weighted by Gasteiger charge is 2.26. The van der Waals surface area contributed by atoms with E-state index in [0.717, 1.165) is 45.0 Å². The Morgan fingerprint density at radius 2 is 1.85 bits per heavy atom. The van der Waals surface area contributed by atoms with E-state index < -0.39 is 10.0 Å². The minimum absolute atomic E-state index is 0. The van der Waals surface area contributed by atoms with Gasteiger partial charge in [-0.3, -0.25) is 4.99 Å². The van der Waals surface area contributed by atoms with E-state index in [1.807, 2.05) is 0 Å². The number of halogens is 1. The smallest absolute Gasteiger partial charge is 0.213 e. The van der Waals surface area contributed by atoms with E-state index in [2.05, 4.69) is 41.4 Å². The number of nitrogens with one attached hydrogen (secondary N) is 2. The molecular weight excluding hydrogens is 465 g/mol. The zero-order valence-electron chi connectivity index (χ0n) is 16.8. The van der Waals surface area contributed by atoms with Gasteiger partial charge >= 0.3 is 0 Å². The molecule has 0 aromatic carbocycles. The lowest BCUT2D eigenvalue weighted by Gasteiger charge is -2.32. The summed E-state index contributed by atoms with van der Waals surface area (Å²) in [6, 6.07) is 0.277. The van der Waals surface area contributed by atoms with Crippen LogP contribution in [0.1, 0.15) is 46.5 Å². The van der Waals surface area contributed by atoms with Gasteiger partial charge in [0.2, 0.25) is 10.0 Å². The van der Waals surface area contributed by atoms with E-state index in [9.17, 15) is 8.42 Å². The molecule has 1 aliphatic rings. The fourth-order valence-corrected chi connectivity index (χ4v) is 3.98. The molecule has 0 spiro atoms. The maximum atomic E-state index is 11.9. The van der Waals surface area contributed by atoms with Crippen molar-refractivity contribution in [2.75, 3.05) is 52.1 Å². The van der Waals surface area contributed by atoms with Gasteiger partial charge in [0.1, 0.15) is 0 Å². The van der Waals surface area contributed by atoms with Gasteiger partial charge in [-0.25, -0.2) is 12.7 Å². The lowest BCUT2D eigenvalue weighted by molar-refractivity contribution is 0.306. The van der Waals surface area contributed by atoms with Crippen molar-refractivity contribution in [3.05, 3.63) is 0 Å². The molecule has 0 saturated carbocycles. The Labute approximate surface area is 177 Å². The molecule has 0 atom stereocenters. The van der Waals surface area contributed by atoms with Crippen LogP contribution in [0.5, 0.6) is 0 Å². The number of sulfonamides is 1. The third-order valence-corrected chi connectivity index (χ3v) is 6.42. The van der Waals surface area contributed by atoms with Gasteiger partial charge in [-0.2, -0.15) is 0 Å². The number of hydrogen-bond donors (Lipinski definition) is 2. The minimum Gasteiger partial charge on any atom is -0.357 e. The van der Waals surface area contributed by atoms with Crippen LogP contribution in [0.2, 0.25) is 0 Å². The number of nitrogens with zero attached hydrogens (tertiary/aromatic N) is 3. The van der Waals surface area contributed by atoms with Crippen LogP contribution in [0.15, 0.2) is 4.99 Å². The lowest BCUT2D eigenvalue weighted by Crippen LogP contribution is -2.50. The number of hydrogen-bond acceptors (Lipinski definition) is 4. The van der Waals surface area contributed by atoms with Crippen molar-refractivity contribution in [3.8, 4) is 0 Å². The fourth-order valence-electron chi connectivity index (χ4n) is 2.85. The molecule has 0 bridgehead atoms. The molecule has 0 aromatic heterocycles. The molecule has 0 aromatic rings. The number of likely N-dealkylation sites (N-methyl/N-ethyl adjacent to an activating group) is 1. The van der Waals surface area contributed by atoms with E-state index in [-0.39, 0.29) is 35.8 Å². The van der Waals surface area contributed by atoms with Crippen molar-refractivity contribution < 1.29 is 8.42 Å². The standard InChI is InChI=1S/C17H37N5O2S.HI/c1-5-8-12-21(4)15-11-19-17(18-6-2)20-16-9-13-22(14-10-16)25(23,24)7-3;/h16H,5-15H2,1-4H3,(H2,18,19,20);1H. The maximum absolute atomic E-state index is 11.9. The summed E-state index contributed by atoms with van der Waals surface area (Å²) in [6.45, 7) is 10.8. The molecule has 26 heavy (non-hydrogen) atoms. The van der Waals surface area contributed by atoms with Gasteiger partial charge in [0.15, 0.2) is 5.96 Å². The van der Waals surface area contributed by atoms with E-state index in [1.165, 1.54) is 12.8 Å². The molecule has 7 nitrogen and oxygen atoms in total. The highest BCUT2D eigenvalue weighted by Crippen LogP contribution is 2.14.